The normalized spacial score (nSPS) is 18.4. The lowest BCUT2D eigenvalue weighted by Gasteiger charge is -2.13. The SMILES string of the molecule is N#Cc1cc2cnc(N)cc2c(O[C@@H]2CCOC2)n1. The summed E-state index contributed by atoms with van der Waals surface area (Å²) in [6, 6.07) is 5.39. The van der Waals surface area contributed by atoms with E-state index >= 15 is 0 Å². The highest BCUT2D eigenvalue weighted by Crippen LogP contribution is 2.27. The molecular weight excluding hydrogens is 244 g/mol. The summed E-state index contributed by atoms with van der Waals surface area (Å²) in [7, 11) is 0. The first-order valence-corrected chi connectivity index (χ1v) is 5.97. The molecule has 2 N–H and O–H groups in total. The molecule has 0 aliphatic carbocycles. The molecule has 0 aromatic carbocycles. The molecule has 19 heavy (non-hydrogen) atoms. The van der Waals surface area contributed by atoms with E-state index in [1.54, 1.807) is 18.3 Å². The zero-order valence-corrected chi connectivity index (χ0v) is 10.2. The van der Waals surface area contributed by atoms with Crippen LogP contribution in [-0.4, -0.2) is 29.3 Å². The second kappa shape index (κ2) is 4.71. The Bertz CT molecular complexity index is 659. The van der Waals surface area contributed by atoms with Crippen LogP contribution in [0.1, 0.15) is 12.1 Å². The van der Waals surface area contributed by atoms with Crippen molar-refractivity contribution in [3.05, 3.63) is 24.0 Å². The van der Waals surface area contributed by atoms with Crippen LogP contribution in [0, 0.1) is 11.3 Å². The molecule has 1 aliphatic heterocycles. The summed E-state index contributed by atoms with van der Waals surface area (Å²) in [6.45, 7) is 1.23. The third-order valence-electron chi connectivity index (χ3n) is 2.98. The minimum Gasteiger partial charge on any atom is -0.471 e. The van der Waals surface area contributed by atoms with E-state index in [1.807, 2.05) is 6.07 Å². The van der Waals surface area contributed by atoms with Gasteiger partial charge >= 0.3 is 0 Å². The molecule has 0 radical (unpaired) electrons. The van der Waals surface area contributed by atoms with Crippen LogP contribution in [0.25, 0.3) is 10.8 Å². The van der Waals surface area contributed by atoms with Gasteiger partial charge in [-0.3, -0.25) is 0 Å². The first-order chi connectivity index (χ1) is 9.26. The number of ether oxygens (including phenoxy) is 2. The van der Waals surface area contributed by atoms with Crippen molar-refractivity contribution in [2.75, 3.05) is 18.9 Å². The monoisotopic (exact) mass is 256 g/mol. The zero-order valence-electron chi connectivity index (χ0n) is 10.2. The molecule has 1 atom stereocenters. The van der Waals surface area contributed by atoms with Crippen LogP contribution in [0.15, 0.2) is 18.3 Å². The average Bonchev–Trinajstić information content (AvgIpc) is 2.92. The number of aromatic nitrogens is 2. The molecular formula is C13H12N4O2. The largest absolute Gasteiger partial charge is 0.471 e. The predicted molar refractivity (Wildman–Crippen MR) is 68.5 cm³/mol. The Hall–Kier alpha value is -2.39. The second-order valence-electron chi connectivity index (χ2n) is 4.36. The summed E-state index contributed by atoms with van der Waals surface area (Å²) in [5.41, 5.74) is 5.99. The maximum absolute atomic E-state index is 9.00. The van der Waals surface area contributed by atoms with Crippen molar-refractivity contribution in [1.29, 1.82) is 5.26 Å². The molecule has 0 unspecified atom stereocenters. The lowest BCUT2D eigenvalue weighted by Crippen LogP contribution is -2.17. The van der Waals surface area contributed by atoms with Crippen molar-refractivity contribution >= 4 is 16.6 Å². The maximum Gasteiger partial charge on any atom is 0.223 e. The van der Waals surface area contributed by atoms with Crippen molar-refractivity contribution in [3.63, 3.8) is 0 Å². The van der Waals surface area contributed by atoms with E-state index in [4.69, 9.17) is 20.5 Å². The lowest BCUT2D eigenvalue weighted by atomic mass is 10.2. The molecule has 6 nitrogen and oxygen atoms in total. The number of nitrogens with two attached hydrogens (primary N) is 1. The van der Waals surface area contributed by atoms with Gasteiger partial charge in [-0.2, -0.15) is 5.26 Å². The average molecular weight is 256 g/mol. The molecule has 0 saturated carbocycles. The van der Waals surface area contributed by atoms with E-state index < -0.39 is 0 Å². The van der Waals surface area contributed by atoms with Crippen molar-refractivity contribution in [1.82, 2.24) is 9.97 Å². The van der Waals surface area contributed by atoms with Crippen LogP contribution in [0.3, 0.4) is 0 Å². The summed E-state index contributed by atoms with van der Waals surface area (Å²) in [6.07, 6.45) is 2.41. The summed E-state index contributed by atoms with van der Waals surface area (Å²) < 4.78 is 11.1. The summed E-state index contributed by atoms with van der Waals surface area (Å²) in [4.78, 5) is 8.22. The van der Waals surface area contributed by atoms with Gasteiger partial charge in [0.2, 0.25) is 5.88 Å². The summed E-state index contributed by atoms with van der Waals surface area (Å²) in [5.74, 6) is 0.810. The minimum atomic E-state index is -0.0287. The van der Waals surface area contributed by atoms with Crippen LogP contribution in [-0.2, 0) is 4.74 Å². The molecule has 3 rings (SSSR count). The van der Waals surface area contributed by atoms with Crippen LogP contribution >= 0.6 is 0 Å². The van der Waals surface area contributed by atoms with E-state index in [9.17, 15) is 0 Å². The topological polar surface area (TPSA) is 94.1 Å². The molecule has 1 aliphatic rings. The fourth-order valence-corrected chi connectivity index (χ4v) is 2.04. The number of hydrogen-bond acceptors (Lipinski definition) is 6. The second-order valence-corrected chi connectivity index (χ2v) is 4.36. The number of rotatable bonds is 2. The highest BCUT2D eigenvalue weighted by atomic mass is 16.5. The number of nitriles is 1. The standard InChI is InChI=1S/C13H12N4O2/c14-5-9-3-8-6-16-12(15)4-11(8)13(17-9)19-10-1-2-18-7-10/h3-4,6,10H,1-2,7H2,(H2,15,16)/t10-/m1/s1. The van der Waals surface area contributed by atoms with E-state index in [0.717, 1.165) is 17.2 Å². The fraction of sp³-hybridized carbons (Fsp3) is 0.308. The maximum atomic E-state index is 9.00. The highest BCUT2D eigenvalue weighted by Gasteiger charge is 2.19. The van der Waals surface area contributed by atoms with Gasteiger partial charge < -0.3 is 15.2 Å². The van der Waals surface area contributed by atoms with Crippen molar-refractivity contribution in [2.45, 2.75) is 12.5 Å². The Morgan fingerprint density at radius 2 is 2.37 bits per heavy atom. The number of fused-ring (bicyclic) bond motifs is 1. The molecule has 0 spiro atoms. The predicted octanol–water partition coefficient (Wildman–Crippen LogP) is 1.25. The first kappa shape index (κ1) is 11.7. The third-order valence-corrected chi connectivity index (χ3v) is 2.98. The Morgan fingerprint density at radius 1 is 1.47 bits per heavy atom. The van der Waals surface area contributed by atoms with Crippen LogP contribution in [0.5, 0.6) is 5.88 Å². The number of nitrogens with zero attached hydrogens (tertiary/aromatic N) is 3. The molecule has 96 valence electrons. The van der Waals surface area contributed by atoms with Crippen LogP contribution in [0.4, 0.5) is 5.82 Å². The number of pyridine rings is 2. The van der Waals surface area contributed by atoms with Gasteiger partial charge in [0.25, 0.3) is 0 Å². The fourth-order valence-electron chi connectivity index (χ4n) is 2.04. The Labute approximate surface area is 109 Å². The molecule has 0 amide bonds. The number of nitrogen functional groups attached to an aromatic ring is 1. The van der Waals surface area contributed by atoms with Crippen molar-refractivity contribution < 1.29 is 9.47 Å². The van der Waals surface area contributed by atoms with E-state index in [-0.39, 0.29) is 6.10 Å². The van der Waals surface area contributed by atoms with Gasteiger partial charge in [-0.25, -0.2) is 9.97 Å². The summed E-state index contributed by atoms with van der Waals surface area (Å²) in [5, 5.41) is 10.5. The molecule has 3 heterocycles. The molecule has 0 bridgehead atoms. The first-order valence-electron chi connectivity index (χ1n) is 5.97. The van der Waals surface area contributed by atoms with Gasteiger partial charge in [0.1, 0.15) is 23.7 Å². The van der Waals surface area contributed by atoms with Gasteiger partial charge in [0.15, 0.2) is 0 Å². The molecule has 1 saturated heterocycles. The van der Waals surface area contributed by atoms with Crippen molar-refractivity contribution in [3.8, 4) is 11.9 Å². The van der Waals surface area contributed by atoms with Gasteiger partial charge in [0, 0.05) is 23.4 Å². The Morgan fingerprint density at radius 3 is 3.11 bits per heavy atom. The summed E-state index contributed by atoms with van der Waals surface area (Å²) >= 11 is 0. The van der Waals surface area contributed by atoms with Gasteiger partial charge in [-0.05, 0) is 12.1 Å². The minimum absolute atomic E-state index is 0.0287. The van der Waals surface area contributed by atoms with Crippen LogP contribution in [0.2, 0.25) is 0 Å². The molecule has 2 aromatic rings. The molecule has 2 aromatic heterocycles. The molecule has 1 fully saturated rings. The Kier molecular flexibility index (Phi) is 2.89. The highest BCUT2D eigenvalue weighted by molar-refractivity contribution is 5.88. The smallest absolute Gasteiger partial charge is 0.223 e. The molecule has 6 heteroatoms. The van der Waals surface area contributed by atoms with Gasteiger partial charge in [-0.1, -0.05) is 0 Å². The number of anilines is 1. The third kappa shape index (κ3) is 2.28. The van der Waals surface area contributed by atoms with E-state index in [1.165, 1.54) is 0 Å². The van der Waals surface area contributed by atoms with E-state index in [2.05, 4.69) is 9.97 Å². The van der Waals surface area contributed by atoms with Gasteiger partial charge in [0.05, 0.1) is 13.2 Å². The van der Waals surface area contributed by atoms with Crippen molar-refractivity contribution in [2.24, 2.45) is 0 Å². The van der Waals surface area contributed by atoms with E-state index in [0.29, 0.717) is 30.6 Å². The Balaban J connectivity index is 2.08. The van der Waals surface area contributed by atoms with Gasteiger partial charge in [-0.15, -0.1) is 0 Å². The lowest BCUT2D eigenvalue weighted by molar-refractivity contribution is 0.139. The number of hydrogen-bond donors (Lipinski definition) is 1. The quantitative estimate of drug-likeness (QED) is 0.869. The zero-order chi connectivity index (χ0) is 13.2. The van der Waals surface area contributed by atoms with Crippen LogP contribution < -0.4 is 10.5 Å².